The molecule has 2 aromatic rings. The van der Waals surface area contributed by atoms with Gasteiger partial charge in [-0.15, -0.1) is 0 Å². The molecule has 1 aromatic carbocycles. The molecule has 0 aliphatic heterocycles. The molecular weight excluding hydrogens is 264 g/mol. The minimum Gasteiger partial charge on any atom is -0.398 e. The van der Waals surface area contributed by atoms with E-state index in [1.165, 1.54) is 0 Å². The molecule has 0 radical (unpaired) electrons. The fourth-order valence-electron chi connectivity index (χ4n) is 2.16. The van der Waals surface area contributed by atoms with Crippen LogP contribution in [0.25, 0.3) is 10.8 Å². The molecule has 0 saturated carbocycles. The van der Waals surface area contributed by atoms with Crippen molar-refractivity contribution in [2.24, 2.45) is 0 Å². The first-order valence-corrected chi connectivity index (χ1v) is 7.04. The number of anilines is 2. The molecule has 0 fully saturated rings. The second-order valence-electron chi connectivity index (χ2n) is 6.10. The van der Waals surface area contributed by atoms with E-state index >= 15 is 0 Å². The Morgan fingerprint density at radius 1 is 1.24 bits per heavy atom. The fourth-order valence-corrected chi connectivity index (χ4v) is 2.16. The van der Waals surface area contributed by atoms with Gasteiger partial charge >= 0.3 is 0 Å². The number of pyridine rings is 1. The minimum absolute atomic E-state index is 0.0383. The van der Waals surface area contributed by atoms with Crippen LogP contribution >= 0.6 is 0 Å². The monoisotopic (exact) mass is 286 g/mol. The number of rotatable bonds is 4. The summed E-state index contributed by atoms with van der Waals surface area (Å²) in [6, 6.07) is 5.70. The first-order valence-electron chi connectivity index (χ1n) is 7.04. The molecule has 1 heterocycles. The quantitative estimate of drug-likeness (QED) is 0.755. The summed E-state index contributed by atoms with van der Waals surface area (Å²) in [6.45, 7) is 6.49. The van der Waals surface area contributed by atoms with Crippen molar-refractivity contribution in [1.82, 2.24) is 10.3 Å². The van der Waals surface area contributed by atoms with E-state index < -0.39 is 0 Å². The zero-order valence-electron chi connectivity index (χ0n) is 12.7. The van der Waals surface area contributed by atoms with Crippen molar-refractivity contribution in [3.8, 4) is 0 Å². The molecule has 4 N–H and O–H groups in total. The van der Waals surface area contributed by atoms with Gasteiger partial charge in [-0.2, -0.15) is 0 Å². The van der Waals surface area contributed by atoms with Crippen LogP contribution in [-0.2, 0) is 4.79 Å². The van der Waals surface area contributed by atoms with Gasteiger partial charge in [-0.05, 0) is 39.0 Å². The number of hydrogen-bond donors (Lipinski definition) is 3. The van der Waals surface area contributed by atoms with Gasteiger partial charge < -0.3 is 16.4 Å². The molecule has 0 aliphatic carbocycles. The molecule has 1 amide bonds. The molecule has 0 spiro atoms. The average molecular weight is 286 g/mol. The number of carbonyl (C=O) groups excluding carboxylic acids is 1. The number of benzene rings is 1. The van der Waals surface area contributed by atoms with Gasteiger partial charge in [-0.1, -0.05) is 0 Å². The van der Waals surface area contributed by atoms with Crippen molar-refractivity contribution >= 4 is 28.1 Å². The maximum Gasteiger partial charge on any atom is 0.222 e. The van der Waals surface area contributed by atoms with Crippen molar-refractivity contribution in [3.05, 3.63) is 30.6 Å². The largest absolute Gasteiger partial charge is 0.398 e. The van der Waals surface area contributed by atoms with E-state index in [9.17, 15) is 4.79 Å². The Hall–Kier alpha value is -2.30. The third-order valence-corrected chi connectivity index (χ3v) is 3.03. The molecule has 5 heteroatoms. The lowest BCUT2D eigenvalue weighted by atomic mass is 10.1. The Morgan fingerprint density at radius 3 is 2.71 bits per heavy atom. The molecule has 0 unspecified atom stereocenters. The van der Waals surface area contributed by atoms with Crippen LogP contribution in [0.15, 0.2) is 30.6 Å². The summed E-state index contributed by atoms with van der Waals surface area (Å²) in [7, 11) is 0. The Balaban J connectivity index is 2.02. The van der Waals surface area contributed by atoms with Crippen LogP contribution in [0, 0.1) is 0 Å². The minimum atomic E-state index is -0.198. The van der Waals surface area contributed by atoms with Crippen molar-refractivity contribution in [1.29, 1.82) is 0 Å². The van der Waals surface area contributed by atoms with Crippen molar-refractivity contribution in [3.63, 3.8) is 0 Å². The highest BCUT2D eigenvalue weighted by atomic mass is 16.1. The van der Waals surface area contributed by atoms with Crippen LogP contribution in [0.4, 0.5) is 11.4 Å². The Kier molecular flexibility index (Phi) is 4.31. The lowest BCUT2D eigenvalue weighted by Gasteiger charge is -2.20. The van der Waals surface area contributed by atoms with Crippen molar-refractivity contribution < 1.29 is 4.79 Å². The van der Waals surface area contributed by atoms with Gasteiger partial charge in [0.2, 0.25) is 5.91 Å². The molecular formula is C16H22N4O. The molecule has 2 rings (SSSR count). The van der Waals surface area contributed by atoms with E-state index in [1.807, 2.05) is 39.0 Å². The average Bonchev–Trinajstić information content (AvgIpc) is 2.40. The summed E-state index contributed by atoms with van der Waals surface area (Å²) in [5.41, 5.74) is 7.41. The second-order valence-corrected chi connectivity index (χ2v) is 6.10. The smallest absolute Gasteiger partial charge is 0.222 e. The predicted molar refractivity (Wildman–Crippen MR) is 87.2 cm³/mol. The first kappa shape index (κ1) is 15.1. The van der Waals surface area contributed by atoms with Crippen LogP contribution in [-0.4, -0.2) is 23.0 Å². The topological polar surface area (TPSA) is 80.0 Å². The number of carbonyl (C=O) groups is 1. The highest BCUT2D eigenvalue weighted by Crippen LogP contribution is 2.27. The number of aromatic nitrogens is 1. The zero-order valence-corrected chi connectivity index (χ0v) is 12.7. The summed E-state index contributed by atoms with van der Waals surface area (Å²) in [5, 5.41) is 8.16. The van der Waals surface area contributed by atoms with Gasteiger partial charge in [0.1, 0.15) is 0 Å². The van der Waals surface area contributed by atoms with Crippen molar-refractivity contribution in [2.75, 3.05) is 17.6 Å². The maximum atomic E-state index is 11.8. The molecule has 0 aliphatic rings. The molecule has 21 heavy (non-hydrogen) atoms. The van der Waals surface area contributed by atoms with Gasteiger partial charge in [0.25, 0.3) is 0 Å². The SMILES string of the molecule is CC(C)(C)NC(=O)CCNc1ccc(N)c2cnccc12. The third kappa shape index (κ3) is 4.08. The lowest BCUT2D eigenvalue weighted by molar-refractivity contribution is -0.122. The fraction of sp³-hybridized carbons (Fsp3) is 0.375. The standard InChI is InChI=1S/C16H22N4O/c1-16(2,3)20-15(21)7-9-19-14-5-4-13(17)12-10-18-8-6-11(12)14/h4-6,8,10,19H,7,9,17H2,1-3H3,(H,20,21). The molecule has 0 bridgehead atoms. The maximum absolute atomic E-state index is 11.8. The summed E-state index contributed by atoms with van der Waals surface area (Å²) in [4.78, 5) is 15.9. The normalized spacial score (nSPS) is 11.4. The number of nitrogen functional groups attached to an aromatic ring is 1. The van der Waals surface area contributed by atoms with E-state index in [1.54, 1.807) is 12.4 Å². The second kappa shape index (κ2) is 5.99. The third-order valence-electron chi connectivity index (χ3n) is 3.03. The van der Waals surface area contributed by atoms with Crippen LogP contribution in [0.1, 0.15) is 27.2 Å². The lowest BCUT2D eigenvalue weighted by Crippen LogP contribution is -2.41. The summed E-state index contributed by atoms with van der Waals surface area (Å²) < 4.78 is 0. The Bertz CT molecular complexity index is 646. The Morgan fingerprint density at radius 2 is 2.00 bits per heavy atom. The first-order chi connectivity index (χ1) is 9.87. The summed E-state index contributed by atoms with van der Waals surface area (Å²) >= 11 is 0. The number of amides is 1. The number of nitrogens with one attached hydrogen (secondary N) is 2. The van der Waals surface area contributed by atoms with Gasteiger partial charge in [-0.25, -0.2) is 0 Å². The summed E-state index contributed by atoms with van der Waals surface area (Å²) in [6.07, 6.45) is 3.91. The molecule has 1 aromatic heterocycles. The predicted octanol–water partition coefficient (Wildman–Crippen LogP) is 2.53. The molecule has 0 atom stereocenters. The molecule has 5 nitrogen and oxygen atoms in total. The number of fused-ring (bicyclic) bond motifs is 1. The highest BCUT2D eigenvalue weighted by Gasteiger charge is 2.13. The molecule has 0 saturated heterocycles. The van der Waals surface area contributed by atoms with E-state index in [2.05, 4.69) is 15.6 Å². The number of hydrogen-bond acceptors (Lipinski definition) is 4. The van der Waals surface area contributed by atoms with Gasteiger partial charge in [0.15, 0.2) is 0 Å². The van der Waals surface area contributed by atoms with Gasteiger partial charge in [-0.3, -0.25) is 9.78 Å². The number of nitrogens with two attached hydrogens (primary N) is 1. The van der Waals surface area contributed by atoms with E-state index in [0.717, 1.165) is 16.5 Å². The zero-order chi connectivity index (χ0) is 15.5. The van der Waals surface area contributed by atoms with E-state index in [4.69, 9.17) is 5.73 Å². The van der Waals surface area contributed by atoms with Crippen molar-refractivity contribution in [2.45, 2.75) is 32.7 Å². The van der Waals surface area contributed by atoms with E-state index in [0.29, 0.717) is 18.7 Å². The van der Waals surface area contributed by atoms with Gasteiger partial charge in [0.05, 0.1) is 0 Å². The highest BCUT2D eigenvalue weighted by molar-refractivity contribution is 6.00. The van der Waals surface area contributed by atoms with Crippen LogP contribution in [0.5, 0.6) is 0 Å². The van der Waals surface area contributed by atoms with E-state index in [-0.39, 0.29) is 11.4 Å². The Labute approximate surface area is 124 Å². The van der Waals surface area contributed by atoms with Crippen LogP contribution < -0.4 is 16.4 Å². The summed E-state index contributed by atoms with van der Waals surface area (Å²) in [5.74, 6) is 0.0383. The van der Waals surface area contributed by atoms with Crippen LogP contribution in [0.3, 0.4) is 0 Å². The van der Waals surface area contributed by atoms with Gasteiger partial charge in [0, 0.05) is 53.0 Å². The molecule has 112 valence electrons. The number of nitrogens with zero attached hydrogens (tertiary/aromatic N) is 1. The van der Waals surface area contributed by atoms with Crippen LogP contribution in [0.2, 0.25) is 0 Å².